The van der Waals surface area contributed by atoms with Crippen LogP contribution in [0, 0.1) is 11.8 Å². The fourth-order valence-corrected chi connectivity index (χ4v) is 5.83. The summed E-state index contributed by atoms with van der Waals surface area (Å²) in [5.74, 6) is -0.0230. The maximum absolute atomic E-state index is 12.6. The molecule has 35 heavy (non-hydrogen) atoms. The number of alkyl carbamates (subject to hydrolysis) is 1. The molecule has 1 atom stereocenters. The van der Waals surface area contributed by atoms with Gasteiger partial charge in [0.05, 0.1) is 0 Å². The zero-order valence-corrected chi connectivity index (χ0v) is 19.8. The van der Waals surface area contributed by atoms with Gasteiger partial charge in [-0.1, -0.05) is 48.5 Å². The SMILES string of the molecule is O=C(O)CCC1CCN(C(=O)CC2CC(NC(=O)OCC3c4ccccc4-c4ccccc43)C2)C1. The first-order valence-corrected chi connectivity index (χ1v) is 12.6. The molecule has 3 aliphatic rings. The van der Waals surface area contributed by atoms with E-state index in [1.807, 2.05) is 29.2 Å². The van der Waals surface area contributed by atoms with Crippen molar-refractivity contribution in [1.29, 1.82) is 0 Å². The Morgan fingerprint density at radius 1 is 0.971 bits per heavy atom. The summed E-state index contributed by atoms with van der Waals surface area (Å²) in [6.45, 7) is 1.68. The number of nitrogens with zero attached hydrogens (tertiary/aromatic N) is 1. The van der Waals surface area contributed by atoms with E-state index in [2.05, 4.69) is 29.6 Å². The topological polar surface area (TPSA) is 95.9 Å². The Morgan fingerprint density at radius 3 is 2.29 bits per heavy atom. The number of nitrogens with one attached hydrogen (secondary N) is 1. The van der Waals surface area contributed by atoms with Gasteiger partial charge in [-0.05, 0) is 59.8 Å². The van der Waals surface area contributed by atoms with E-state index in [4.69, 9.17) is 9.84 Å². The Morgan fingerprint density at radius 2 is 1.63 bits per heavy atom. The van der Waals surface area contributed by atoms with Crippen molar-refractivity contribution in [3.63, 3.8) is 0 Å². The standard InChI is InChI=1S/C28H32N2O5/c31-26(30-12-11-18(16-30)9-10-27(32)33)15-19-13-20(14-19)29-28(34)35-17-25-23-7-3-1-5-21(23)22-6-2-4-8-24(22)25/h1-8,18-20,25H,9-17H2,(H,29,34)(H,32,33). The smallest absolute Gasteiger partial charge is 0.407 e. The highest BCUT2D eigenvalue weighted by atomic mass is 16.5. The quantitative estimate of drug-likeness (QED) is 0.589. The van der Waals surface area contributed by atoms with Gasteiger partial charge in [0.2, 0.25) is 5.91 Å². The van der Waals surface area contributed by atoms with Crippen LogP contribution < -0.4 is 5.32 Å². The monoisotopic (exact) mass is 476 g/mol. The van der Waals surface area contributed by atoms with Gasteiger partial charge in [-0.15, -0.1) is 0 Å². The molecule has 0 radical (unpaired) electrons. The van der Waals surface area contributed by atoms with Crippen molar-refractivity contribution in [2.75, 3.05) is 19.7 Å². The van der Waals surface area contributed by atoms with Gasteiger partial charge < -0.3 is 20.1 Å². The number of amides is 2. The van der Waals surface area contributed by atoms with Gasteiger partial charge in [0.15, 0.2) is 0 Å². The van der Waals surface area contributed by atoms with Crippen molar-refractivity contribution in [1.82, 2.24) is 10.2 Å². The van der Waals surface area contributed by atoms with Crippen molar-refractivity contribution in [2.24, 2.45) is 11.8 Å². The van der Waals surface area contributed by atoms with Crippen molar-refractivity contribution >= 4 is 18.0 Å². The van der Waals surface area contributed by atoms with E-state index in [0.29, 0.717) is 31.9 Å². The molecule has 2 amide bonds. The van der Waals surface area contributed by atoms with E-state index in [9.17, 15) is 14.4 Å². The number of fused-ring (bicyclic) bond motifs is 3. The lowest BCUT2D eigenvalue weighted by atomic mass is 9.78. The molecule has 0 spiro atoms. The number of hydrogen-bond acceptors (Lipinski definition) is 4. The Labute approximate surface area is 205 Å². The van der Waals surface area contributed by atoms with Gasteiger partial charge in [0.25, 0.3) is 0 Å². The molecule has 2 aromatic rings. The number of benzene rings is 2. The number of carboxylic acid groups (broad SMARTS) is 1. The largest absolute Gasteiger partial charge is 0.481 e. The number of aliphatic carboxylic acids is 1. The van der Waals surface area contributed by atoms with E-state index < -0.39 is 12.1 Å². The fraction of sp³-hybridized carbons (Fsp3) is 0.464. The first-order valence-electron chi connectivity index (χ1n) is 12.6. The molecule has 2 aromatic carbocycles. The van der Waals surface area contributed by atoms with Crippen LogP contribution in [-0.4, -0.2) is 53.7 Å². The second-order valence-corrected chi connectivity index (χ2v) is 10.1. The summed E-state index contributed by atoms with van der Waals surface area (Å²) in [5.41, 5.74) is 4.79. The second-order valence-electron chi connectivity index (χ2n) is 10.1. The van der Waals surface area contributed by atoms with Crippen LogP contribution in [0.5, 0.6) is 0 Å². The average Bonchev–Trinajstić information content (AvgIpc) is 3.43. The lowest BCUT2D eigenvalue weighted by Crippen LogP contribution is -2.46. The third-order valence-electron chi connectivity index (χ3n) is 7.77. The minimum absolute atomic E-state index is 0.0414. The molecule has 5 rings (SSSR count). The lowest BCUT2D eigenvalue weighted by Gasteiger charge is -2.36. The highest BCUT2D eigenvalue weighted by molar-refractivity contribution is 5.79. The number of hydrogen-bond donors (Lipinski definition) is 2. The molecule has 1 heterocycles. The molecular weight excluding hydrogens is 444 g/mol. The summed E-state index contributed by atoms with van der Waals surface area (Å²) < 4.78 is 5.63. The minimum atomic E-state index is -0.779. The van der Waals surface area contributed by atoms with Gasteiger partial charge in [0.1, 0.15) is 6.61 Å². The summed E-state index contributed by atoms with van der Waals surface area (Å²) in [6.07, 6.45) is 3.35. The lowest BCUT2D eigenvalue weighted by molar-refractivity contribution is -0.137. The molecule has 1 aliphatic heterocycles. The van der Waals surface area contributed by atoms with Crippen LogP contribution in [0.4, 0.5) is 4.79 Å². The highest BCUT2D eigenvalue weighted by Crippen LogP contribution is 2.44. The number of carbonyl (C=O) groups excluding carboxylic acids is 2. The molecule has 2 fully saturated rings. The molecule has 7 heteroatoms. The number of carbonyl (C=O) groups is 3. The second kappa shape index (κ2) is 10.1. The zero-order chi connectivity index (χ0) is 24.4. The third kappa shape index (κ3) is 5.19. The van der Waals surface area contributed by atoms with Crippen LogP contribution in [-0.2, 0) is 14.3 Å². The number of likely N-dealkylation sites (tertiary alicyclic amines) is 1. The van der Waals surface area contributed by atoms with Gasteiger partial charge >= 0.3 is 12.1 Å². The molecule has 2 aliphatic carbocycles. The maximum atomic E-state index is 12.6. The molecule has 7 nitrogen and oxygen atoms in total. The molecule has 0 aromatic heterocycles. The van der Waals surface area contributed by atoms with Crippen molar-refractivity contribution in [3.05, 3.63) is 59.7 Å². The Kier molecular flexibility index (Phi) is 6.75. The highest BCUT2D eigenvalue weighted by Gasteiger charge is 2.35. The van der Waals surface area contributed by atoms with Crippen LogP contribution >= 0.6 is 0 Å². The fourth-order valence-electron chi connectivity index (χ4n) is 5.83. The Hall–Kier alpha value is -3.35. The van der Waals surface area contributed by atoms with Gasteiger partial charge in [-0.25, -0.2) is 4.79 Å². The molecular formula is C28H32N2O5. The summed E-state index contributed by atoms with van der Waals surface area (Å²) >= 11 is 0. The summed E-state index contributed by atoms with van der Waals surface area (Å²) in [6, 6.07) is 16.6. The molecule has 1 saturated heterocycles. The molecule has 2 N–H and O–H groups in total. The third-order valence-corrected chi connectivity index (χ3v) is 7.77. The van der Waals surface area contributed by atoms with Crippen LogP contribution in [0.15, 0.2) is 48.5 Å². The van der Waals surface area contributed by atoms with E-state index in [-0.39, 0.29) is 30.2 Å². The van der Waals surface area contributed by atoms with E-state index in [0.717, 1.165) is 25.8 Å². The van der Waals surface area contributed by atoms with Crippen molar-refractivity contribution in [2.45, 2.75) is 50.5 Å². The predicted octanol–water partition coefficient (Wildman–Crippen LogP) is 4.41. The number of carboxylic acids is 1. The van der Waals surface area contributed by atoms with E-state index in [1.165, 1.54) is 22.3 Å². The first-order chi connectivity index (χ1) is 17.0. The van der Waals surface area contributed by atoms with Crippen molar-refractivity contribution < 1.29 is 24.2 Å². The van der Waals surface area contributed by atoms with Crippen LogP contribution in [0.2, 0.25) is 0 Å². The van der Waals surface area contributed by atoms with Crippen LogP contribution in [0.3, 0.4) is 0 Å². The summed E-state index contributed by atoms with van der Waals surface area (Å²) in [4.78, 5) is 37.7. The van der Waals surface area contributed by atoms with Gasteiger partial charge in [-0.2, -0.15) is 0 Å². The van der Waals surface area contributed by atoms with Crippen molar-refractivity contribution in [3.8, 4) is 11.1 Å². The Bertz CT molecular complexity index is 1060. The van der Waals surface area contributed by atoms with Crippen LogP contribution in [0.1, 0.15) is 55.6 Å². The molecule has 1 saturated carbocycles. The maximum Gasteiger partial charge on any atom is 0.407 e. The van der Waals surface area contributed by atoms with E-state index in [1.54, 1.807) is 0 Å². The molecule has 1 unspecified atom stereocenters. The summed E-state index contributed by atoms with van der Waals surface area (Å²) in [5, 5.41) is 11.8. The summed E-state index contributed by atoms with van der Waals surface area (Å²) in [7, 11) is 0. The Balaban J connectivity index is 1.04. The van der Waals surface area contributed by atoms with Gasteiger partial charge in [0, 0.05) is 37.9 Å². The van der Waals surface area contributed by atoms with Gasteiger partial charge in [-0.3, -0.25) is 9.59 Å². The predicted molar refractivity (Wildman–Crippen MR) is 131 cm³/mol. The minimum Gasteiger partial charge on any atom is -0.481 e. The average molecular weight is 477 g/mol. The molecule has 0 bridgehead atoms. The zero-order valence-electron chi connectivity index (χ0n) is 19.8. The first kappa shape index (κ1) is 23.4. The number of ether oxygens (including phenoxy) is 1. The molecule has 184 valence electrons. The van der Waals surface area contributed by atoms with Crippen LogP contribution in [0.25, 0.3) is 11.1 Å². The van der Waals surface area contributed by atoms with E-state index >= 15 is 0 Å². The normalized spacial score (nSPS) is 22.7. The number of rotatable bonds is 8.